The van der Waals surface area contributed by atoms with E-state index in [-0.39, 0.29) is 21.2 Å². The molecule has 7 atom stereocenters. The third-order valence-corrected chi connectivity index (χ3v) is 25.3. The van der Waals surface area contributed by atoms with Crippen LogP contribution in [0.2, 0.25) is 5.32 Å². The fraction of sp³-hybridized carbons (Fsp3) is 0.523. The molecule has 7 unspecified atom stereocenters. The number of hydrogen-bond donors (Lipinski definition) is 0. The van der Waals surface area contributed by atoms with Gasteiger partial charge in [0.1, 0.15) is 0 Å². The van der Waals surface area contributed by atoms with E-state index in [0.29, 0.717) is 77.5 Å². The van der Waals surface area contributed by atoms with Crippen LogP contribution in [0.1, 0.15) is 153 Å². The summed E-state index contributed by atoms with van der Waals surface area (Å²) in [7, 11) is 3.31. The zero-order valence-corrected chi connectivity index (χ0v) is 75.8. The summed E-state index contributed by atoms with van der Waals surface area (Å²) in [4.78, 5) is 24.8. The van der Waals surface area contributed by atoms with Gasteiger partial charge in [-0.05, 0) is 140 Å². The Morgan fingerprint density at radius 1 is 0.318 bits per heavy atom. The van der Waals surface area contributed by atoms with E-state index in [1.807, 2.05) is 59.2 Å². The molecule has 110 heavy (non-hydrogen) atoms. The van der Waals surface area contributed by atoms with Crippen LogP contribution in [-0.2, 0) is 49.4 Å². The van der Waals surface area contributed by atoms with Crippen molar-refractivity contribution in [3.63, 3.8) is 0 Å². The van der Waals surface area contributed by atoms with E-state index < -0.39 is 0 Å². The quantitative estimate of drug-likeness (QED) is 0.00884. The van der Waals surface area contributed by atoms with Crippen LogP contribution in [0.5, 0.6) is 0 Å². The summed E-state index contributed by atoms with van der Waals surface area (Å²) in [5.41, 5.74) is 3.05. The molecule has 0 bridgehead atoms. The van der Waals surface area contributed by atoms with Gasteiger partial charge in [-0.1, -0.05) is 160 Å². The minimum absolute atomic E-state index is 0.129. The molecule has 0 aromatic heterocycles. The predicted molar refractivity (Wildman–Crippen MR) is 482 cm³/mol. The van der Waals surface area contributed by atoms with Crippen molar-refractivity contribution in [1.29, 1.82) is 0 Å². The van der Waals surface area contributed by atoms with Crippen molar-refractivity contribution >= 4 is 111 Å². The summed E-state index contributed by atoms with van der Waals surface area (Å²) >= 11 is 9.76. The molecule has 7 aromatic rings. The molecule has 0 N–H and O–H groups in total. The molecule has 0 heterocycles. The molecule has 0 spiro atoms. The van der Waals surface area contributed by atoms with E-state index in [1.165, 1.54) is 55.0 Å². The molecule has 14 nitrogen and oxygen atoms in total. The second-order valence-electron chi connectivity index (χ2n) is 25.1. The van der Waals surface area contributed by atoms with Gasteiger partial charge < -0.3 is 33.2 Å². The van der Waals surface area contributed by atoms with Gasteiger partial charge in [-0.2, -0.15) is 23.5 Å². The molecule has 614 valence electrons. The first-order valence-corrected chi connectivity index (χ1v) is 48.6. The first kappa shape index (κ1) is 104. The first-order valence-electron chi connectivity index (χ1n) is 39.0. The zero-order valence-electron chi connectivity index (χ0n) is 68.3. The monoisotopic (exact) mass is 1710 g/mol. The van der Waals surface area contributed by atoms with Crippen LogP contribution >= 0.6 is 80.4 Å². The number of benzene rings is 7. The van der Waals surface area contributed by atoms with Crippen molar-refractivity contribution in [3.8, 4) is 0 Å². The van der Waals surface area contributed by atoms with Gasteiger partial charge in [0.05, 0.1) is 99.3 Å². The summed E-state index contributed by atoms with van der Waals surface area (Å²) in [6.07, 6.45) is 10.1. The molecule has 0 radical (unpaired) electrons. The Hall–Kier alpha value is -4.01. The molecule has 0 saturated carbocycles. The first-order chi connectivity index (χ1) is 53.4. The molecule has 0 aliphatic heterocycles. The maximum atomic E-state index is 10.5. The normalized spacial score (nSPS) is 12.6. The van der Waals surface area contributed by atoms with E-state index in [1.54, 1.807) is 57.6 Å². The van der Waals surface area contributed by atoms with Crippen molar-refractivity contribution in [1.82, 2.24) is 0 Å². The Morgan fingerprint density at radius 2 is 0.609 bits per heavy atom. The predicted octanol–water partition coefficient (Wildman–Crippen LogP) is 24.6. The number of hydrogen-bond acceptors (Lipinski definition) is 19. The Bertz CT molecular complexity index is 3050. The molecular weight excluding hydrogens is 1580 g/mol. The van der Waals surface area contributed by atoms with Gasteiger partial charge in [0.25, 0.3) is 11.4 Å². The SMILES string of the molecule is CCC(C)OCCOCCSc1ccccc1.CCC(C)OCCSCc1ccccc1.CCC(C)OCCSCc1ccccc1.CCC(C)OCCSSc1ccc([N+](=O)[O-])cc1.CCC(C)OCCSc1ccc([N+](=O)[O-])cc1.CCC(C)OCCSc1ccccc1.CCC(C)OCC[Se]c1ccccc1. The second-order valence-corrected chi connectivity index (χ2v) is 35.7. The maximum absolute atomic E-state index is 10.5. The number of nitro groups is 2. The van der Waals surface area contributed by atoms with E-state index >= 15 is 0 Å². The molecular formula is C88H132N2O12S7Se. The Morgan fingerprint density at radius 3 is 0.964 bits per heavy atom. The fourth-order valence-electron chi connectivity index (χ4n) is 8.06. The van der Waals surface area contributed by atoms with E-state index in [2.05, 4.69) is 236 Å². The summed E-state index contributed by atoms with van der Waals surface area (Å²) in [5, 5.41) is 22.1. The van der Waals surface area contributed by atoms with E-state index in [9.17, 15) is 20.2 Å². The molecule has 0 aliphatic carbocycles. The molecule has 0 fully saturated rings. The van der Waals surface area contributed by atoms with Crippen LogP contribution < -0.4 is 4.46 Å². The average Bonchev–Trinajstić information content (AvgIpc) is 0.905. The summed E-state index contributed by atoms with van der Waals surface area (Å²) in [6.45, 7) is 36.7. The van der Waals surface area contributed by atoms with Gasteiger partial charge in [0.15, 0.2) is 0 Å². The Kier molecular flexibility index (Phi) is 69.8. The van der Waals surface area contributed by atoms with Gasteiger partial charge in [-0.25, -0.2) is 0 Å². The van der Waals surface area contributed by atoms with Gasteiger partial charge in [-0.3, -0.25) is 20.2 Å². The van der Waals surface area contributed by atoms with Crippen LogP contribution in [0.3, 0.4) is 0 Å². The number of nitro benzene ring substituents is 2. The molecule has 7 rings (SSSR count). The third kappa shape index (κ3) is 62.4. The zero-order chi connectivity index (χ0) is 80.7. The van der Waals surface area contributed by atoms with Crippen molar-refractivity contribution in [2.24, 2.45) is 0 Å². The Balaban J connectivity index is 0.000000643. The van der Waals surface area contributed by atoms with Gasteiger partial charge in [0, 0.05) is 89.9 Å². The van der Waals surface area contributed by atoms with Crippen LogP contribution in [-0.4, -0.2) is 162 Å². The van der Waals surface area contributed by atoms with Gasteiger partial charge in [-0.15, -0.1) is 35.3 Å². The molecule has 0 amide bonds. The number of thioether (sulfide) groups is 5. The summed E-state index contributed by atoms with van der Waals surface area (Å²) in [6, 6.07) is 65.8. The topological polar surface area (TPSA) is 160 Å². The second kappa shape index (κ2) is 73.9. The van der Waals surface area contributed by atoms with E-state index in [0.717, 1.165) is 140 Å². The molecule has 7 aromatic carbocycles. The number of ether oxygens (including phenoxy) is 8. The number of rotatable bonds is 50. The molecule has 0 aliphatic rings. The standard InChI is InChI=1S/C14H22O2S.2C13H20OS.C12H17NO3S2.C12H17NO3S.C12H18OS.C12H18OSe/c1-3-13(2)16-10-9-15-11-12-17-14-7-5-4-6-8-14;2*1-3-12(2)14-9-10-15-11-13-7-5-4-6-8-13;1-3-10(2)16-8-9-17-18-12-6-4-11(5-7-12)13(14)15;1-3-10(2)16-8-9-17-12-6-4-11(5-7-12)13(14)15;2*1-3-11(2)13-9-10-14-12-7-5-4-6-8-12/h4-8,13H,3,9-12H2,1-2H3;2*4-8,12H,3,9-11H2,1-2H3;4-7,10H,3,8-9H2,1-2H3;4-7,10H,3,8-9H2,1-2H3;2*4-8,11H,3,9-10H2,1-2H3. The van der Waals surface area contributed by atoms with Crippen LogP contribution in [0.25, 0.3) is 0 Å². The van der Waals surface area contributed by atoms with Crippen molar-refractivity contribution < 1.29 is 47.7 Å². The van der Waals surface area contributed by atoms with Crippen LogP contribution in [0.4, 0.5) is 11.4 Å². The van der Waals surface area contributed by atoms with Gasteiger partial charge >= 0.3 is 92.8 Å². The Labute approximate surface area is 699 Å². The summed E-state index contributed by atoms with van der Waals surface area (Å²) in [5.74, 6) is 8.14. The van der Waals surface area contributed by atoms with Crippen molar-refractivity contribution in [2.75, 3.05) is 94.0 Å². The van der Waals surface area contributed by atoms with Crippen LogP contribution in [0.15, 0.2) is 220 Å². The summed E-state index contributed by atoms with van der Waals surface area (Å²) < 4.78 is 46.0. The molecule has 22 heteroatoms. The van der Waals surface area contributed by atoms with Crippen molar-refractivity contribution in [3.05, 3.63) is 232 Å². The average molecular weight is 1710 g/mol. The van der Waals surface area contributed by atoms with Crippen molar-refractivity contribution in [2.45, 2.75) is 221 Å². The van der Waals surface area contributed by atoms with Gasteiger partial charge in [0.2, 0.25) is 0 Å². The van der Waals surface area contributed by atoms with E-state index in [4.69, 9.17) is 37.9 Å². The third-order valence-electron chi connectivity index (χ3n) is 15.9. The number of nitrogens with zero attached hydrogens (tertiary/aromatic N) is 2. The fourth-order valence-corrected chi connectivity index (χ4v) is 15.4. The molecule has 0 saturated heterocycles. The number of non-ortho nitro benzene ring substituents is 2. The van der Waals surface area contributed by atoms with Crippen LogP contribution in [0, 0.1) is 20.2 Å². The minimum atomic E-state index is -0.388.